The molecule has 0 unspecified atom stereocenters. The van der Waals surface area contributed by atoms with E-state index in [1.807, 2.05) is 60.0 Å². The lowest BCUT2D eigenvalue weighted by atomic mass is 10.1. The summed E-state index contributed by atoms with van der Waals surface area (Å²) in [5.74, 6) is -0.00826. The first kappa shape index (κ1) is 24.9. The van der Waals surface area contributed by atoms with Crippen LogP contribution < -0.4 is 15.5 Å². The summed E-state index contributed by atoms with van der Waals surface area (Å²) in [5, 5.41) is 10.1. The lowest BCUT2D eigenvalue weighted by Crippen LogP contribution is -2.17. The van der Waals surface area contributed by atoms with E-state index in [0.717, 1.165) is 33.2 Å². The lowest BCUT2D eigenvalue weighted by molar-refractivity contribution is 0.0955. The second-order valence-electron chi connectivity index (χ2n) is 8.30. The molecule has 0 spiro atoms. The molecule has 0 atom stereocenters. The number of aromatic nitrogens is 1. The van der Waals surface area contributed by atoms with Crippen molar-refractivity contribution >= 4 is 34.3 Å². The number of ether oxygens (including phenoxy) is 1. The zero-order valence-electron chi connectivity index (χ0n) is 20.2. The van der Waals surface area contributed by atoms with Crippen molar-refractivity contribution in [1.82, 2.24) is 10.4 Å². The van der Waals surface area contributed by atoms with E-state index in [-0.39, 0.29) is 18.3 Å². The van der Waals surface area contributed by atoms with Gasteiger partial charge in [0.15, 0.2) is 5.13 Å². The fourth-order valence-corrected chi connectivity index (χ4v) is 4.35. The summed E-state index contributed by atoms with van der Waals surface area (Å²) in [6.45, 7) is 0.247. The van der Waals surface area contributed by atoms with Gasteiger partial charge in [-0.2, -0.15) is 5.10 Å². The highest BCUT2D eigenvalue weighted by Crippen LogP contribution is 2.27. The number of hydrogen-bond acceptors (Lipinski definition) is 6. The van der Waals surface area contributed by atoms with Crippen LogP contribution in [-0.4, -0.2) is 17.1 Å². The highest BCUT2D eigenvalue weighted by molar-refractivity contribution is 7.14. The molecule has 0 bridgehead atoms. The number of para-hydroxylation sites is 1. The molecule has 4 aromatic carbocycles. The van der Waals surface area contributed by atoms with E-state index in [0.29, 0.717) is 11.3 Å². The first-order valence-corrected chi connectivity index (χ1v) is 12.7. The van der Waals surface area contributed by atoms with Crippen LogP contribution in [-0.2, 0) is 6.61 Å². The van der Waals surface area contributed by atoms with Crippen molar-refractivity contribution < 1.29 is 13.9 Å². The maximum Gasteiger partial charge on any atom is 0.271 e. The molecule has 0 aliphatic carbocycles. The predicted molar refractivity (Wildman–Crippen MR) is 150 cm³/mol. The van der Waals surface area contributed by atoms with E-state index < -0.39 is 0 Å². The Morgan fingerprint density at radius 3 is 2.58 bits per heavy atom. The number of carbonyl (C=O) groups is 1. The molecule has 6 nitrogen and oxygen atoms in total. The molecule has 188 valence electrons. The molecule has 0 aliphatic rings. The zero-order chi connectivity index (χ0) is 26.2. The van der Waals surface area contributed by atoms with Crippen molar-refractivity contribution in [3.8, 4) is 17.0 Å². The van der Waals surface area contributed by atoms with Crippen molar-refractivity contribution in [3.63, 3.8) is 0 Å². The summed E-state index contributed by atoms with van der Waals surface area (Å²) in [4.78, 5) is 17.2. The molecular weight excluding hydrogens is 499 g/mol. The fraction of sp³-hybridized carbons (Fsp3) is 0.0333. The summed E-state index contributed by atoms with van der Waals surface area (Å²) >= 11 is 1.52. The molecule has 0 fully saturated rings. The van der Waals surface area contributed by atoms with E-state index in [1.165, 1.54) is 29.7 Å². The number of nitrogens with one attached hydrogen (secondary N) is 2. The van der Waals surface area contributed by atoms with Crippen molar-refractivity contribution in [3.05, 3.63) is 131 Å². The first-order chi connectivity index (χ1) is 18.6. The molecule has 0 saturated heterocycles. The number of carbonyl (C=O) groups excluding carboxylic acids is 1. The van der Waals surface area contributed by atoms with Gasteiger partial charge in [0.25, 0.3) is 5.91 Å². The third-order valence-corrected chi connectivity index (χ3v) is 6.26. The molecule has 5 rings (SSSR count). The van der Waals surface area contributed by atoms with Gasteiger partial charge in [-0.15, -0.1) is 11.3 Å². The molecule has 0 aliphatic heterocycles. The number of hydrogen-bond donors (Lipinski definition) is 2. The highest BCUT2D eigenvalue weighted by Gasteiger charge is 2.08. The van der Waals surface area contributed by atoms with Gasteiger partial charge in [0.05, 0.1) is 11.9 Å². The second-order valence-corrected chi connectivity index (χ2v) is 9.15. The lowest BCUT2D eigenvalue weighted by Gasteiger charge is -2.07. The van der Waals surface area contributed by atoms with Gasteiger partial charge in [-0.1, -0.05) is 54.6 Å². The van der Waals surface area contributed by atoms with Crippen LogP contribution in [0, 0.1) is 5.82 Å². The van der Waals surface area contributed by atoms with E-state index in [9.17, 15) is 9.18 Å². The molecule has 5 aromatic rings. The Labute approximate surface area is 223 Å². The van der Waals surface area contributed by atoms with Crippen LogP contribution in [0.2, 0.25) is 0 Å². The van der Waals surface area contributed by atoms with Crippen molar-refractivity contribution in [1.29, 1.82) is 0 Å². The number of benzene rings is 4. The Kier molecular flexibility index (Phi) is 7.81. The number of rotatable bonds is 9. The molecule has 1 amide bonds. The van der Waals surface area contributed by atoms with Crippen molar-refractivity contribution in [2.75, 3.05) is 5.32 Å². The van der Waals surface area contributed by atoms with Gasteiger partial charge in [0.1, 0.15) is 18.2 Å². The van der Waals surface area contributed by atoms with Crippen LogP contribution in [0.4, 0.5) is 15.2 Å². The zero-order valence-corrected chi connectivity index (χ0v) is 21.0. The SMILES string of the molecule is O=C(N/N=C\c1cccc(OCc2cccc(F)c2)c1)c1ccc(-c2csc(Nc3ccccc3)n2)cc1. The average Bonchev–Trinajstić information content (AvgIpc) is 3.41. The summed E-state index contributed by atoms with van der Waals surface area (Å²) < 4.78 is 19.1. The van der Waals surface area contributed by atoms with Gasteiger partial charge in [-0.25, -0.2) is 14.8 Å². The Hall–Kier alpha value is -4.82. The fourth-order valence-electron chi connectivity index (χ4n) is 3.61. The smallest absolute Gasteiger partial charge is 0.271 e. The predicted octanol–water partition coefficient (Wildman–Crippen LogP) is 7.04. The topological polar surface area (TPSA) is 75.6 Å². The van der Waals surface area contributed by atoms with Crippen molar-refractivity contribution in [2.24, 2.45) is 5.10 Å². The van der Waals surface area contributed by atoms with E-state index >= 15 is 0 Å². The Morgan fingerprint density at radius 2 is 1.76 bits per heavy atom. The van der Waals surface area contributed by atoms with Gasteiger partial charge in [-0.3, -0.25) is 4.79 Å². The summed E-state index contributed by atoms with van der Waals surface area (Å²) in [6, 6.07) is 30.6. The number of hydrazone groups is 1. The number of halogens is 1. The maximum atomic E-state index is 13.3. The maximum absolute atomic E-state index is 13.3. The van der Waals surface area contributed by atoms with E-state index in [4.69, 9.17) is 4.74 Å². The molecule has 0 radical (unpaired) electrons. The minimum Gasteiger partial charge on any atom is -0.489 e. The molecule has 0 saturated carbocycles. The van der Waals surface area contributed by atoms with Gasteiger partial charge in [0, 0.05) is 22.2 Å². The van der Waals surface area contributed by atoms with Gasteiger partial charge in [0.2, 0.25) is 0 Å². The van der Waals surface area contributed by atoms with Crippen LogP contribution in [0.25, 0.3) is 11.3 Å². The van der Waals surface area contributed by atoms with Crippen LogP contribution in [0.1, 0.15) is 21.5 Å². The standard InChI is InChI=1S/C30H23FN4O2S/c31-25-8-4-7-22(16-25)19-37-27-11-5-6-21(17-27)18-32-35-29(36)24-14-12-23(13-15-24)28-20-38-30(34-28)33-26-9-2-1-3-10-26/h1-18,20H,19H2,(H,33,34)(H,35,36)/b32-18-. The minimum absolute atomic E-state index is 0.247. The van der Waals surface area contributed by atoms with Crippen molar-refractivity contribution in [2.45, 2.75) is 6.61 Å². The second kappa shape index (κ2) is 11.9. The van der Waals surface area contributed by atoms with E-state index in [2.05, 4.69) is 20.8 Å². The normalized spacial score (nSPS) is 10.9. The Balaban J connectivity index is 1.15. The summed E-state index contributed by atoms with van der Waals surface area (Å²) in [5.41, 5.74) is 7.24. The third kappa shape index (κ3) is 6.68. The third-order valence-electron chi connectivity index (χ3n) is 5.50. The Morgan fingerprint density at radius 1 is 0.947 bits per heavy atom. The number of amides is 1. The molecule has 8 heteroatoms. The van der Waals surface area contributed by atoms with Crippen LogP contribution in [0.15, 0.2) is 114 Å². The number of thiazole rings is 1. The van der Waals surface area contributed by atoms with Gasteiger partial charge < -0.3 is 10.1 Å². The average molecular weight is 523 g/mol. The Bertz CT molecular complexity index is 1550. The summed E-state index contributed by atoms with van der Waals surface area (Å²) in [7, 11) is 0. The van der Waals surface area contributed by atoms with Gasteiger partial charge in [-0.05, 0) is 59.7 Å². The van der Waals surface area contributed by atoms with E-state index in [1.54, 1.807) is 36.4 Å². The monoisotopic (exact) mass is 522 g/mol. The van der Waals surface area contributed by atoms with Gasteiger partial charge >= 0.3 is 0 Å². The number of nitrogens with zero attached hydrogens (tertiary/aromatic N) is 2. The quantitative estimate of drug-likeness (QED) is 0.161. The van der Waals surface area contributed by atoms with Crippen LogP contribution >= 0.6 is 11.3 Å². The molecule has 1 aromatic heterocycles. The largest absolute Gasteiger partial charge is 0.489 e. The molecule has 38 heavy (non-hydrogen) atoms. The van der Waals surface area contributed by atoms with Crippen LogP contribution in [0.5, 0.6) is 5.75 Å². The first-order valence-electron chi connectivity index (χ1n) is 11.8. The molecule has 1 heterocycles. The molecule has 2 N–H and O–H groups in total. The summed E-state index contributed by atoms with van der Waals surface area (Å²) in [6.07, 6.45) is 1.54. The van der Waals surface area contributed by atoms with Crippen LogP contribution in [0.3, 0.4) is 0 Å². The number of anilines is 2. The minimum atomic E-state index is -0.323. The highest BCUT2D eigenvalue weighted by atomic mass is 32.1. The molecular formula is C30H23FN4O2S.